The van der Waals surface area contributed by atoms with Crippen molar-refractivity contribution in [1.29, 1.82) is 0 Å². The SMILES string of the molecule is O=C1CC2=C(C(=O)C=CC2=O)C(c2ccco2)C1. The van der Waals surface area contributed by atoms with E-state index in [1.165, 1.54) is 18.4 Å². The van der Waals surface area contributed by atoms with E-state index in [4.69, 9.17) is 4.42 Å². The van der Waals surface area contributed by atoms with E-state index < -0.39 is 5.92 Å². The molecule has 4 heteroatoms. The summed E-state index contributed by atoms with van der Waals surface area (Å²) in [6.07, 6.45) is 4.28. The summed E-state index contributed by atoms with van der Waals surface area (Å²) < 4.78 is 5.28. The van der Waals surface area contributed by atoms with Crippen LogP contribution in [0.2, 0.25) is 0 Å². The average molecular weight is 242 g/mol. The first-order valence-electron chi connectivity index (χ1n) is 5.71. The van der Waals surface area contributed by atoms with Crippen molar-refractivity contribution in [2.75, 3.05) is 0 Å². The van der Waals surface area contributed by atoms with Crippen molar-refractivity contribution in [3.63, 3.8) is 0 Å². The number of carbonyl (C=O) groups is 3. The van der Waals surface area contributed by atoms with Crippen LogP contribution in [0.25, 0.3) is 0 Å². The van der Waals surface area contributed by atoms with Crippen molar-refractivity contribution < 1.29 is 18.8 Å². The van der Waals surface area contributed by atoms with Gasteiger partial charge in [0.05, 0.1) is 12.2 Å². The number of furan rings is 1. The predicted octanol–water partition coefficient (Wildman–Crippen LogP) is 1.73. The summed E-state index contributed by atoms with van der Waals surface area (Å²) in [5, 5.41) is 0. The highest BCUT2D eigenvalue weighted by molar-refractivity contribution is 6.23. The van der Waals surface area contributed by atoms with Crippen molar-refractivity contribution in [3.8, 4) is 0 Å². The fourth-order valence-electron chi connectivity index (χ4n) is 2.52. The molecule has 3 rings (SSSR count). The Morgan fingerprint density at radius 1 is 1.11 bits per heavy atom. The van der Waals surface area contributed by atoms with Gasteiger partial charge in [0.2, 0.25) is 0 Å². The Morgan fingerprint density at radius 3 is 2.61 bits per heavy atom. The number of hydrogen-bond acceptors (Lipinski definition) is 4. The first-order valence-corrected chi connectivity index (χ1v) is 5.71. The normalized spacial score (nSPS) is 23.6. The Balaban J connectivity index is 2.14. The van der Waals surface area contributed by atoms with Gasteiger partial charge in [-0.2, -0.15) is 0 Å². The molecule has 1 aromatic rings. The summed E-state index contributed by atoms with van der Waals surface area (Å²) in [6.45, 7) is 0. The van der Waals surface area contributed by atoms with E-state index in [0.717, 1.165) is 0 Å². The molecule has 0 N–H and O–H groups in total. The molecule has 0 saturated carbocycles. The van der Waals surface area contributed by atoms with Gasteiger partial charge >= 0.3 is 0 Å². The summed E-state index contributed by atoms with van der Waals surface area (Å²) in [5.74, 6) is -0.330. The van der Waals surface area contributed by atoms with Gasteiger partial charge < -0.3 is 4.42 Å². The molecule has 1 unspecified atom stereocenters. The second-order valence-corrected chi connectivity index (χ2v) is 4.44. The zero-order valence-electron chi connectivity index (χ0n) is 9.51. The van der Waals surface area contributed by atoms with Crippen LogP contribution in [0.4, 0.5) is 0 Å². The van der Waals surface area contributed by atoms with Crippen LogP contribution in [0.1, 0.15) is 24.5 Å². The number of rotatable bonds is 1. The molecule has 1 atom stereocenters. The third-order valence-electron chi connectivity index (χ3n) is 3.31. The Morgan fingerprint density at radius 2 is 1.89 bits per heavy atom. The Labute approximate surface area is 103 Å². The van der Waals surface area contributed by atoms with Crippen LogP contribution in [0.5, 0.6) is 0 Å². The first kappa shape index (κ1) is 10.9. The molecule has 0 aliphatic heterocycles. The zero-order valence-corrected chi connectivity index (χ0v) is 9.51. The van der Waals surface area contributed by atoms with Crippen molar-refractivity contribution in [2.24, 2.45) is 0 Å². The number of carbonyl (C=O) groups excluding carboxylic acids is 3. The highest BCUT2D eigenvalue weighted by atomic mass is 16.3. The molecule has 2 aliphatic carbocycles. The van der Waals surface area contributed by atoms with Gasteiger partial charge in [-0.3, -0.25) is 14.4 Å². The highest BCUT2D eigenvalue weighted by Gasteiger charge is 2.37. The van der Waals surface area contributed by atoms with E-state index in [9.17, 15) is 14.4 Å². The molecule has 18 heavy (non-hydrogen) atoms. The summed E-state index contributed by atoms with van der Waals surface area (Å²) in [6, 6.07) is 3.43. The van der Waals surface area contributed by atoms with Crippen LogP contribution >= 0.6 is 0 Å². The van der Waals surface area contributed by atoms with Crippen molar-refractivity contribution in [3.05, 3.63) is 47.5 Å². The summed E-state index contributed by atoms with van der Waals surface area (Å²) in [4.78, 5) is 35.4. The number of allylic oxidation sites excluding steroid dienone is 4. The van der Waals surface area contributed by atoms with Gasteiger partial charge in [0.25, 0.3) is 0 Å². The Bertz CT molecular complexity index is 602. The van der Waals surface area contributed by atoms with Crippen LogP contribution in [0, 0.1) is 0 Å². The molecule has 0 aromatic carbocycles. The van der Waals surface area contributed by atoms with Gasteiger partial charge in [-0.15, -0.1) is 0 Å². The molecular formula is C14H10O4. The quantitative estimate of drug-likeness (QED) is 0.703. The van der Waals surface area contributed by atoms with E-state index in [1.54, 1.807) is 12.1 Å². The maximum absolute atomic E-state index is 11.9. The second kappa shape index (κ2) is 3.91. The monoisotopic (exact) mass is 242 g/mol. The molecule has 1 aromatic heterocycles. The van der Waals surface area contributed by atoms with Crippen LogP contribution in [-0.2, 0) is 14.4 Å². The smallest absolute Gasteiger partial charge is 0.183 e. The summed E-state index contributed by atoms with van der Waals surface area (Å²) >= 11 is 0. The molecule has 0 spiro atoms. The Hall–Kier alpha value is -2.23. The molecule has 0 amide bonds. The minimum atomic E-state index is -0.419. The molecule has 0 fully saturated rings. The zero-order chi connectivity index (χ0) is 12.7. The molecule has 2 aliphatic rings. The van der Waals surface area contributed by atoms with Gasteiger partial charge in [0, 0.05) is 24.0 Å². The molecular weight excluding hydrogens is 232 g/mol. The van der Waals surface area contributed by atoms with Gasteiger partial charge in [-0.25, -0.2) is 0 Å². The standard InChI is InChI=1S/C14H10O4/c15-8-6-9-11(16)3-4-12(17)14(9)10(7-8)13-2-1-5-18-13/h1-5,10H,6-7H2. The van der Waals surface area contributed by atoms with Crippen LogP contribution in [0.3, 0.4) is 0 Å². The maximum atomic E-state index is 11.9. The van der Waals surface area contributed by atoms with E-state index in [1.807, 2.05) is 0 Å². The van der Waals surface area contributed by atoms with Gasteiger partial charge in [0.15, 0.2) is 11.6 Å². The topological polar surface area (TPSA) is 64.3 Å². The van der Waals surface area contributed by atoms with E-state index >= 15 is 0 Å². The van der Waals surface area contributed by atoms with Crippen LogP contribution in [0.15, 0.2) is 46.1 Å². The predicted molar refractivity (Wildman–Crippen MR) is 61.9 cm³/mol. The number of Topliss-reactive ketones (excluding diaryl/α,β-unsaturated/α-hetero) is 1. The van der Waals surface area contributed by atoms with Crippen molar-refractivity contribution in [2.45, 2.75) is 18.8 Å². The van der Waals surface area contributed by atoms with Gasteiger partial charge in [-0.1, -0.05) is 0 Å². The average Bonchev–Trinajstić information content (AvgIpc) is 2.86. The van der Waals surface area contributed by atoms with E-state index in [0.29, 0.717) is 16.9 Å². The lowest BCUT2D eigenvalue weighted by molar-refractivity contribution is -0.122. The van der Waals surface area contributed by atoms with Gasteiger partial charge in [-0.05, 0) is 24.3 Å². The largest absolute Gasteiger partial charge is 0.469 e. The first-order chi connectivity index (χ1) is 8.66. The van der Waals surface area contributed by atoms with Crippen molar-refractivity contribution in [1.82, 2.24) is 0 Å². The summed E-state index contributed by atoms with van der Waals surface area (Å²) in [7, 11) is 0. The number of ketones is 3. The van der Waals surface area contributed by atoms with Crippen LogP contribution < -0.4 is 0 Å². The molecule has 4 nitrogen and oxygen atoms in total. The highest BCUT2D eigenvalue weighted by Crippen LogP contribution is 2.38. The van der Waals surface area contributed by atoms with Crippen LogP contribution in [-0.4, -0.2) is 17.3 Å². The van der Waals surface area contributed by atoms with E-state index in [-0.39, 0.29) is 30.2 Å². The summed E-state index contributed by atoms with van der Waals surface area (Å²) in [5.41, 5.74) is 0.761. The molecule has 1 heterocycles. The third kappa shape index (κ3) is 1.57. The molecule has 0 bridgehead atoms. The van der Waals surface area contributed by atoms with E-state index in [2.05, 4.69) is 0 Å². The lowest BCUT2D eigenvalue weighted by Crippen LogP contribution is -2.27. The number of hydrogen-bond donors (Lipinski definition) is 0. The van der Waals surface area contributed by atoms with Gasteiger partial charge in [0.1, 0.15) is 11.5 Å². The Kier molecular flexibility index (Phi) is 2.37. The minimum absolute atomic E-state index is 0.0356. The third-order valence-corrected chi connectivity index (χ3v) is 3.31. The fraction of sp³-hybridized carbons (Fsp3) is 0.214. The molecule has 0 radical (unpaired) electrons. The lowest BCUT2D eigenvalue weighted by Gasteiger charge is -2.25. The molecule has 90 valence electrons. The lowest BCUT2D eigenvalue weighted by atomic mass is 9.75. The minimum Gasteiger partial charge on any atom is -0.469 e. The molecule has 0 saturated heterocycles. The maximum Gasteiger partial charge on any atom is 0.183 e. The van der Waals surface area contributed by atoms with Crippen molar-refractivity contribution >= 4 is 17.3 Å². The second-order valence-electron chi connectivity index (χ2n) is 4.44. The fourth-order valence-corrected chi connectivity index (χ4v) is 2.52.